The van der Waals surface area contributed by atoms with Crippen LogP contribution in [0.25, 0.3) is 11.1 Å². The van der Waals surface area contributed by atoms with Crippen LogP contribution in [0.2, 0.25) is 0 Å². The van der Waals surface area contributed by atoms with E-state index in [0.29, 0.717) is 27.4 Å². The van der Waals surface area contributed by atoms with Crippen molar-refractivity contribution in [3.05, 3.63) is 106 Å². The van der Waals surface area contributed by atoms with Crippen LogP contribution in [-0.4, -0.2) is 26.6 Å². The lowest BCUT2D eigenvalue weighted by Crippen LogP contribution is -2.35. The molecule has 2 heterocycles. The Morgan fingerprint density at radius 3 is 2.47 bits per heavy atom. The molecule has 2 aromatic carbocycles. The van der Waals surface area contributed by atoms with Crippen molar-refractivity contribution < 1.29 is 39.9 Å². The number of carbonyl (C=O) groups excluding carboxylic acids is 1. The van der Waals surface area contributed by atoms with E-state index in [2.05, 4.69) is 15.4 Å². The van der Waals surface area contributed by atoms with E-state index in [-0.39, 0.29) is 28.9 Å². The molecule has 13 heteroatoms. The highest BCUT2D eigenvalue weighted by Crippen LogP contribution is 2.40. The number of aryl methyl sites for hydroxylation is 1. The highest BCUT2D eigenvalue weighted by molar-refractivity contribution is 5.77. The van der Waals surface area contributed by atoms with Crippen LogP contribution in [0.5, 0.6) is 0 Å². The van der Waals surface area contributed by atoms with Gasteiger partial charge >= 0.3 is 6.18 Å². The first-order chi connectivity index (χ1) is 20.2. The van der Waals surface area contributed by atoms with Crippen molar-refractivity contribution in [3.8, 4) is 11.1 Å². The summed E-state index contributed by atoms with van der Waals surface area (Å²) in [5.41, 5.74) is -0.452. The lowest BCUT2D eigenvalue weighted by molar-refractivity contribution is -0.142. The number of pyridine rings is 1. The molecule has 4 aromatic rings. The first-order valence-corrected chi connectivity index (χ1v) is 13.2. The molecule has 43 heavy (non-hydrogen) atoms. The molecule has 5 rings (SSSR count). The predicted molar refractivity (Wildman–Crippen MR) is 140 cm³/mol. The molecule has 1 amide bonds. The Morgan fingerprint density at radius 1 is 1.07 bits per heavy atom. The number of rotatable bonds is 7. The monoisotopic (exact) mass is 608 g/mol. The van der Waals surface area contributed by atoms with Crippen LogP contribution >= 0.6 is 0 Å². The highest BCUT2D eigenvalue weighted by Gasteiger charge is 2.45. The normalized spacial score (nSPS) is 15.2. The van der Waals surface area contributed by atoms with Crippen molar-refractivity contribution in [2.24, 2.45) is 0 Å². The van der Waals surface area contributed by atoms with Gasteiger partial charge in [-0.3, -0.25) is 14.5 Å². The maximum absolute atomic E-state index is 14.2. The third-order valence-corrected chi connectivity index (χ3v) is 7.23. The molecule has 1 aliphatic carbocycles. The minimum atomic E-state index is -4.92. The van der Waals surface area contributed by atoms with E-state index in [9.17, 15) is 39.9 Å². The standard InChI is InChI=1S/C30H24F8N4O/c1-16-9-18(4-5-23(16)33)21-3-2-8-39-27(21)24(12-17-10-19(31)13-20(32)11-17)40-26(43)15-42-25-14-29(34,35)7-6-22(25)28(41-42)30(36,37)38/h2-5,8-11,13,24H,6-7,12,14-15H2,1H3,(H,40,43). The summed E-state index contributed by atoms with van der Waals surface area (Å²) in [6.45, 7) is 0.716. The number of benzene rings is 2. The molecule has 1 aliphatic rings. The molecule has 0 fully saturated rings. The molecule has 0 bridgehead atoms. The molecule has 0 aliphatic heterocycles. The van der Waals surface area contributed by atoms with E-state index >= 15 is 0 Å². The fourth-order valence-corrected chi connectivity index (χ4v) is 5.30. The molecule has 226 valence electrons. The number of fused-ring (bicyclic) bond motifs is 1. The lowest BCUT2D eigenvalue weighted by Gasteiger charge is -2.24. The third-order valence-electron chi connectivity index (χ3n) is 7.23. The molecule has 0 radical (unpaired) electrons. The van der Waals surface area contributed by atoms with Crippen molar-refractivity contribution in [2.45, 2.75) is 57.3 Å². The number of hydrogen-bond acceptors (Lipinski definition) is 3. The molecule has 0 saturated heterocycles. The lowest BCUT2D eigenvalue weighted by atomic mass is 9.92. The van der Waals surface area contributed by atoms with Crippen LogP contribution in [0, 0.1) is 24.4 Å². The van der Waals surface area contributed by atoms with Gasteiger partial charge in [-0.05, 0) is 66.8 Å². The van der Waals surface area contributed by atoms with Gasteiger partial charge in [0.25, 0.3) is 5.92 Å². The smallest absolute Gasteiger partial charge is 0.346 e. The summed E-state index contributed by atoms with van der Waals surface area (Å²) in [4.78, 5) is 17.7. The van der Waals surface area contributed by atoms with Gasteiger partial charge in [-0.25, -0.2) is 22.0 Å². The maximum Gasteiger partial charge on any atom is 0.435 e. The van der Waals surface area contributed by atoms with Crippen LogP contribution in [0.4, 0.5) is 35.1 Å². The molecule has 1 unspecified atom stereocenters. The summed E-state index contributed by atoms with van der Waals surface area (Å²) in [5, 5.41) is 6.12. The Labute approximate surface area is 240 Å². The zero-order valence-corrected chi connectivity index (χ0v) is 22.6. The number of carbonyl (C=O) groups is 1. The molecule has 1 atom stereocenters. The Bertz CT molecular complexity index is 1660. The second kappa shape index (κ2) is 11.4. The van der Waals surface area contributed by atoms with Crippen molar-refractivity contribution >= 4 is 5.91 Å². The SMILES string of the molecule is Cc1cc(-c2cccnc2C(Cc2cc(F)cc(F)c2)NC(=O)Cn2nc(C(F)(F)F)c3c2CC(F)(F)CC3)ccc1F. The third kappa shape index (κ3) is 6.70. The van der Waals surface area contributed by atoms with Crippen LogP contribution in [0.3, 0.4) is 0 Å². The predicted octanol–water partition coefficient (Wildman–Crippen LogP) is 6.91. The molecule has 0 spiro atoms. The van der Waals surface area contributed by atoms with Gasteiger partial charge < -0.3 is 5.32 Å². The minimum Gasteiger partial charge on any atom is -0.346 e. The van der Waals surface area contributed by atoms with Gasteiger partial charge in [0, 0.05) is 35.5 Å². The van der Waals surface area contributed by atoms with Crippen LogP contribution in [0.15, 0.2) is 54.7 Å². The Morgan fingerprint density at radius 2 is 1.79 bits per heavy atom. The quantitative estimate of drug-likeness (QED) is 0.232. The van der Waals surface area contributed by atoms with Gasteiger partial charge in [0.15, 0.2) is 5.69 Å². The summed E-state index contributed by atoms with van der Waals surface area (Å²) in [7, 11) is 0. The van der Waals surface area contributed by atoms with Crippen LogP contribution in [-0.2, 0) is 36.8 Å². The number of nitrogens with zero attached hydrogens (tertiary/aromatic N) is 3. The fourth-order valence-electron chi connectivity index (χ4n) is 5.30. The number of nitrogens with one attached hydrogen (secondary N) is 1. The van der Waals surface area contributed by atoms with E-state index in [4.69, 9.17) is 0 Å². The number of halogens is 8. The summed E-state index contributed by atoms with van der Waals surface area (Å²) in [5.74, 6) is -6.38. The minimum absolute atomic E-state index is 0.130. The molecular formula is C30H24F8N4O. The van der Waals surface area contributed by atoms with Crippen molar-refractivity contribution in [1.82, 2.24) is 20.1 Å². The second-order valence-electron chi connectivity index (χ2n) is 10.5. The fraction of sp³-hybridized carbons (Fsp3) is 0.300. The molecule has 5 nitrogen and oxygen atoms in total. The summed E-state index contributed by atoms with van der Waals surface area (Å²) < 4.78 is 112. The van der Waals surface area contributed by atoms with E-state index in [1.807, 2.05) is 0 Å². The molecule has 2 aromatic heterocycles. The first kappa shape index (κ1) is 30.2. The molecule has 0 saturated carbocycles. The van der Waals surface area contributed by atoms with E-state index in [1.54, 1.807) is 25.1 Å². The van der Waals surface area contributed by atoms with E-state index in [0.717, 1.165) is 12.1 Å². The van der Waals surface area contributed by atoms with Gasteiger partial charge in [0.1, 0.15) is 24.0 Å². The van der Waals surface area contributed by atoms with Crippen LogP contribution in [0.1, 0.15) is 46.2 Å². The number of hydrogen-bond donors (Lipinski definition) is 1. The Balaban J connectivity index is 1.52. The number of alkyl halides is 5. The maximum atomic E-state index is 14.2. The zero-order chi connectivity index (χ0) is 31.1. The van der Waals surface area contributed by atoms with Gasteiger partial charge in [0.2, 0.25) is 5.91 Å². The van der Waals surface area contributed by atoms with Gasteiger partial charge in [-0.1, -0.05) is 12.1 Å². The van der Waals surface area contributed by atoms with Crippen LogP contribution < -0.4 is 5.32 Å². The molecule has 1 N–H and O–H groups in total. The number of aromatic nitrogens is 3. The van der Waals surface area contributed by atoms with Crippen molar-refractivity contribution in [2.75, 3.05) is 0 Å². The van der Waals surface area contributed by atoms with Gasteiger partial charge in [-0.2, -0.15) is 18.3 Å². The average molecular weight is 609 g/mol. The second-order valence-corrected chi connectivity index (χ2v) is 10.5. The topological polar surface area (TPSA) is 59.8 Å². The summed E-state index contributed by atoms with van der Waals surface area (Å²) >= 11 is 0. The van der Waals surface area contributed by atoms with Crippen molar-refractivity contribution in [3.63, 3.8) is 0 Å². The first-order valence-electron chi connectivity index (χ1n) is 13.2. The van der Waals surface area contributed by atoms with E-state index < -0.39 is 73.0 Å². The highest BCUT2D eigenvalue weighted by atomic mass is 19.4. The Kier molecular flexibility index (Phi) is 8.01. The summed E-state index contributed by atoms with van der Waals surface area (Å²) in [6, 6.07) is 9.18. The largest absolute Gasteiger partial charge is 0.435 e. The van der Waals surface area contributed by atoms with Gasteiger partial charge in [-0.15, -0.1) is 0 Å². The summed E-state index contributed by atoms with van der Waals surface area (Å²) in [6.07, 6.45) is -6.06. The van der Waals surface area contributed by atoms with Gasteiger partial charge in [0.05, 0.1) is 18.2 Å². The average Bonchev–Trinajstić information content (AvgIpc) is 3.26. The van der Waals surface area contributed by atoms with E-state index in [1.165, 1.54) is 18.3 Å². The van der Waals surface area contributed by atoms with Crippen molar-refractivity contribution in [1.29, 1.82) is 0 Å². The zero-order valence-electron chi connectivity index (χ0n) is 22.6. The Hall–Kier alpha value is -4.29. The molecular weight excluding hydrogens is 584 g/mol. The number of amides is 1.